The first-order valence-corrected chi connectivity index (χ1v) is 5.29. The van der Waals surface area contributed by atoms with Crippen LogP contribution in [-0.4, -0.2) is 47.1 Å². The fourth-order valence-electron chi connectivity index (χ4n) is 1.97. The normalized spacial score (nSPS) is 20.9. The van der Waals surface area contributed by atoms with Gasteiger partial charge in [-0.3, -0.25) is 4.98 Å². The number of likely N-dealkylation sites (N-methyl/N-ethyl adjacent to an activating group) is 1. The molecule has 1 unspecified atom stereocenters. The maximum Gasteiger partial charge on any atom is 0.337 e. The van der Waals surface area contributed by atoms with Gasteiger partial charge in [-0.25, -0.2) is 4.79 Å². The molecule has 5 nitrogen and oxygen atoms in total. The van der Waals surface area contributed by atoms with E-state index in [4.69, 9.17) is 5.11 Å². The third kappa shape index (κ3) is 2.30. The summed E-state index contributed by atoms with van der Waals surface area (Å²) in [5.41, 5.74) is 0.889. The molecule has 1 aromatic heterocycles. The molecule has 1 aromatic rings. The van der Waals surface area contributed by atoms with E-state index in [0.29, 0.717) is 11.7 Å². The van der Waals surface area contributed by atoms with Gasteiger partial charge in [0.05, 0.1) is 17.4 Å². The minimum Gasteiger partial charge on any atom is -0.478 e. The van der Waals surface area contributed by atoms with Crippen molar-refractivity contribution in [1.29, 1.82) is 0 Å². The quantitative estimate of drug-likeness (QED) is 0.793. The Morgan fingerprint density at radius 3 is 3.12 bits per heavy atom. The Kier molecular flexibility index (Phi) is 3.05. The lowest BCUT2D eigenvalue weighted by Crippen LogP contribution is -2.24. The van der Waals surface area contributed by atoms with Gasteiger partial charge >= 0.3 is 5.97 Å². The Hall–Kier alpha value is -1.62. The average Bonchev–Trinajstić information content (AvgIpc) is 2.64. The van der Waals surface area contributed by atoms with Gasteiger partial charge in [-0.1, -0.05) is 0 Å². The zero-order valence-electron chi connectivity index (χ0n) is 9.18. The molecule has 2 heterocycles. The summed E-state index contributed by atoms with van der Waals surface area (Å²) in [5, 5.41) is 12.2. The highest BCUT2D eigenvalue weighted by Crippen LogP contribution is 2.18. The number of rotatable bonds is 3. The van der Waals surface area contributed by atoms with E-state index in [1.54, 1.807) is 6.20 Å². The third-order valence-corrected chi connectivity index (χ3v) is 2.80. The van der Waals surface area contributed by atoms with E-state index in [0.717, 1.165) is 19.5 Å². The lowest BCUT2D eigenvalue weighted by Gasteiger charge is -2.15. The van der Waals surface area contributed by atoms with Gasteiger partial charge in [-0.2, -0.15) is 0 Å². The van der Waals surface area contributed by atoms with Gasteiger partial charge in [-0.15, -0.1) is 0 Å². The number of likely N-dealkylation sites (tertiary alicyclic amines) is 1. The summed E-state index contributed by atoms with van der Waals surface area (Å²) >= 11 is 0. The fraction of sp³-hybridized carbons (Fsp3) is 0.455. The molecule has 1 atom stereocenters. The van der Waals surface area contributed by atoms with Gasteiger partial charge in [0.15, 0.2) is 0 Å². The lowest BCUT2D eigenvalue weighted by molar-refractivity contribution is 0.0698. The number of nitrogens with zero attached hydrogens (tertiary/aromatic N) is 2. The number of hydrogen-bond donors (Lipinski definition) is 2. The molecule has 2 rings (SSSR count). The number of nitrogens with one attached hydrogen (secondary N) is 1. The van der Waals surface area contributed by atoms with Crippen LogP contribution >= 0.6 is 0 Å². The molecule has 0 bridgehead atoms. The molecule has 0 amide bonds. The fourth-order valence-corrected chi connectivity index (χ4v) is 1.97. The van der Waals surface area contributed by atoms with Crippen LogP contribution in [0.3, 0.4) is 0 Å². The van der Waals surface area contributed by atoms with Crippen LogP contribution in [0.2, 0.25) is 0 Å². The topological polar surface area (TPSA) is 65.5 Å². The zero-order valence-corrected chi connectivity index (χ0v) is 9.18. The number of carboxylic acid groups (broad SMARTS) is 1. The smallest absolute Gasteiger partial charge is 0.337 e. The largest absolute Gasteiger partial charge is 0.478 e. The molecule has 16 heavy (non-hydrogen) atoms. The number of hydrogen-bond acceptors (Lipinski definition) is 4. The van der Waals surface area contributed by atoms with Crippen molar-refractivity contribution >= 4 is 11.7 Å². The molecule has 0 saturated carbocycles. The molecule has 1 saturated heterocycles. The van der Waals surface area contributed by atoms with Crippen LogP contribution in [0, 0.1) is 0 Å². The second-order valence-electron chi connectivity index (χ2n) is 4.12. The molecular formula is C11H15N3O2. The average molecular weight is 221 g/mol. The molecule has 86 valence electrons. The summed E-state index contributed by atoms with van der Waals surface area (Å²) in [6.45, 7) is 1.98. The van der Waals surface area contributed by atoms with Crippen molar-refractivity contribution in [3.05, 3.63) is 24.0 Å². The van der Waals surface area contributed by atoms with Crippen LogP contribution in [-0.2, 0) is 0 Å². The Bertz CT molecular complexity index is 395. The molecule has 5 heteroatoms. The molecule has 1 aliphatic heterocycles. The predicted octanol–water partition coefficient (Wildman–Crippen LogP) is 0.896. The third-order valence-electron chi connectivity index (χ3n) is 2.80. The van der Waals surface area contributed by atoms with Crippen LogP contribution in [0.25, 0.3) is 0 Å². The van der Waals surface area contributed by atoms with E-state index in [2.05, 4.69) is 22.2 Å². The maximum atomic E-state index is 11.0. The molecule has 1 aliphatic rings. The van der Waals surface area contributed by atoms with Crippen LogP contribution in [0.1, 0.15) is 16.8 Å². The highest BCUT2D eigenvalue weighted by atomic mass is 16.4. The van der Waals surface area contributed by atoms with Crippen molar-refractivity contribution in [3.63, 3.8) is 0 Å². The summed E-state index contributed by atoms with van der Waals surface area (Å²) in [4.78, 5) is 17.1. The number of carboxylic acids is 1. The van der Waals surface area contributed by atoms with Crippen LogP contribution in [0.4, 0.5) is 5.69 Å². The summed E-state index contributed by atoms with van der Waals surface area (Å²) in [6, 6.07) is 1.83. The van der Waals surface area contributed by atoms with Crippen LogP contribution in [0.15, 0.2) is 18.5 Å². The van der Waals surface area contributed by atoms with Gasteiger partial charge in [-0.05, 0) is 26.1 Å². The van der Waals surface area contributed by atoms with E-state index in [1.165, 1.54) is 12.3 Å². The number of aromatic nitrogens is 1. The number of aromatic carboxylic acids is 1. The Morgan fingerprint density at radius 1 is 1.69 bits per heavy atom. The number of carbonyl (C=O) groups is 1. The second kappa shape index (κ2) is 4.49. The van der Waals surface area contributed by atoms with Crippen molar-refractivity contribution in [1.82, 2.24) is 9.88 Å². The first-order valence-electron chi connectivity index (χ1n) is 5.29. The van der Waals surface area contributed by atoms with E-state index < -0.39 is 5.97 Å². The Morgan fingerprint density at radius 2 is 2.50 bits per heavy atom. The Labute approximate surface area is 94.1 Å². The lowest BCUT2D eigenvalue weighted by atomic mass is 10.2. The van der Waals surface area contributed by atoms with E-state index >= 15 is 0 Å². The molecule has 1 fully saturated rings. The van der Waals surface area contributed by atoms with E-state index in [9.17, 15) is 4.79 Å². The summed E-state index contributed by atoms with van der Waals surface area (Å²) in [6.07, 6.45) is 4.10. The first kappa shape index (κ1) is 10.9. The van der Waals surface area contributed by atoms with Crippen LogP contribution < -0.4 is 5.32 Å². The predicted molar refractivity (Wildman–Crippen MR) is 60.7 cm³/mol. The number of pyridine rings is 1. The van der Waals surface area contributed by atoms with Crippen molar-refractivity contribution in [2.75, 3.05) is 25.5 Å². The standard InChI is InChI=1S/C11H15N3O2/c1-14-5-3-8(7-14)13-10-6-12-4-2-9(10)11(15)16/h2,4,6,8,13H,3,5,7H2,1H3,(H,15,16). The molecule has 0 radical (unpaired) electrons. The number of anilines is 1. The van der Waals surface area contributed by atoms with Crippen LogP contribution in [0.5, 0.6) is 0 Å². The van der Waals surface area contributed by atoms with Crippen molar-refractivity contribution in [3.8, 4) is 0 Å². The maximum absolute atomic E-state index is 11.0. The molecule has 0 aromatic carbocycles. The van der Waals surface area contributed by atoms with Crippen molar-refractivity contribution in [2.24, 2.45) is 0 Å². The second-order valence-corrected chi connectivity index (χ2v) is 4.12. The van der Waals surface area contributed by atoms with Gasteiger partial charge in [0.1, 0.15) is 0 Å². The molecular weight excluding hydrogens is 206 g/mol. The minimum atomic E-state index is -0.920. The van der Waals surface area contributed by atoms with E-state index in [1.807, 2.05) is 0 Å². The SMILES string of the molecule is CN1CCC(Nc2cnccc2C(=O)O)C1. The van der Waals surface area contributed by atoms with Gasteiger partial charge in [0.2, 0.25) is 0 Å². The zero-order chi connectivity index (χ0) is 11.5. The highest BCUT2D eigenvalue weighted by Gasteiger charge is 2.20. The monoisotopic (exact) mass is 221 g/mol. The van der Waals surface area contributed by atoms with E-state index in [-0.39, 0.29) is 5.56 Å². The summed E-state index contributed by atoms with van der Waals surface area (Å²) in [7, 11) is 2.06. The summed E-state index contributed by atoms with van der Waals surface area (Å²) < 4.78 is 0. The minimum absolute atomic E-state index is 0.282. The van der Waals surface area contributed by atoms with Gasteiger partial charge < -0.3 is 15.3 Å². The molecule has 2 N–H and O–H groups in total. The van der Waals surface area contributed by atoms with Gasteiger partial charge in [0, 0.05) is 18.8 Å². The molecule has 0 spiro atoms. The summed E-state index contributed by atoms with van der Waals surface area (Å²) in [5.74, 6) is -0.920. The Balaban J connectivity index is 2.12. The van der Waals surface area contributed by atoms with Gasteiger partial charge in [0.25, 0.3) is 0 Å². The van der Waals surface area contributed by atoms with Crippen molar-refractivity contribution < 1.29 is 9.90 Å². The highest BCUT2D eigenvalue weighted by molar-refractivity contribution is 5.93. The first-order chi connectivity index (χ1) is 7.66. The molecule has 0 aliphatic carbocycles. The van der Waals surface area contributed by atoms with Crippen molar-refractivity contribution in [2.45, 2.75) is 12.5 Å².